The number of likely N-dealkylation sites (N-methyl/N-ethyl adjacent to an activating group) is 1. The number of aliphatic hydroxyl groups excluding tert-OH is 3. The van der Waals surface area contributed by atoms with Crippen LogP contribution in [-0.2, 0) is 39.8 Å². The summed E-state index contributed by atoms with van der Waals surface area (Å²) in [5, 5.41) is 66.2. The lowest BCUT2D eigenvalue weighted by molar-refractivity contribution is -0.318. The monoisotopic (exact) mass is 976 g/mol. The number of ether oxygens (including phenoxy) is 7. The number of fused-ring (bicyclic) bond motifs is 1. The molecule has 0 radical (unpaired) electrons. The molecular formula is C53H89N3O13. The Labute approximate surface area is 412 Å². The quantitative estimate of drug-likeness (QED) is 0.103. The van der Waals surface area contributed by atoms with E-state index in [2.05, 4.69) is 28.4 Å². The first-order chi connectivity index (χ1) is 32.4. The summed E-state index contributed by atoms with van der Waals surface area (Å²) in [5.41, 5.74) is -3.46. The van der Waals surface area contributed by atoms with Gasteiger partial charge in [0.1, 0.15) is 35.8 Å². The highest BCUT2D eigenvalue weighted by atomic mass is 16.7. The van der Waals surface area contributed by atoms with Gasteiger partial charge in [-0.15, -0.1) is 0 Å². The van der Waals surface area contributed by atoms with E-state index in [1.165, 1.54) is 14.0 Å². The van der Waals surface area contributed by atoms with Gasteiger partial charge in [0.25, 0.3) is 0 Å². The molecule has 16 nitrogen and oxygen atoms in total. The fourth-order valence-electron chi connectivity index (χ4n) is 11.3. The second-order valence-electron chi connectivity index (χ2n) is 21.4. The van der Waals surface area contributed by atoms with E-state index in [0.717, 1.165) is 22.1 Å². The van der Waals surface area contributed by atoms with Crippen molar-refractivity contribution in [2.24, 2.45) is 17.8 Å². The Kier molecular flexibility index (Phi) is 20.3. The predicted molar refractivity (Wildman–Crippen MR) is 265 cm³/mol. The molecule has 18 atom stereocenters. The minimum atomic E-state index is -1.88. The van der Waals surface area contributed by atoms with Gasteiger partial charge in [-0.3, -0.25) is 9.69 Å². The van der Waals surface area contributed by atoms with Gasteiger partial charge >= 0.3 is 5.97 Å². The van der Waals surface area contributed by atoms with E-state index >= 15 is 0 Å². The second kappa shape index (κ2) is 24.4. The lowest BCUT2D eigenvalue weighted by Crippen LogP contribution is -2.60. The SMILES string of the molecule is CCOc1ccc2ccccc2c1CNCCCN1C[C@H](C)C[C@@](C)(O)[C@H](O[C@@H]2O[C@H](C)C[C@H](N(C)C)[C@H]2O)[C@@H](C)[C@H](O[C@H]2C[C@@](C)(OC)[C@@H](O)[C@H](C)O2)[C@@H](C)C(=O)O[C@H](CC)[C@@](C)(O)[C@H](O)[C@H]1C. The van der Waals surface area contributed by atoms with Crippen molar-refractivity contribution >= 4 is 16.7 Å². The molecule has 16 heteroatoms. The van der Waals surface area contributed by atoms with Crippen LogP contribution < -0.4 is 10.1 Å². The average Bonchev–Trinajstić information content (AvgIpc) is 3.30. The fraction of sp³-hybridized carbons (Fsp3) is 0.792. The number of nitrogens with one attached hydrogen (secondary N) is 1. The lowest BCUT2D eigenvalue weighted by Gasteiger charge is -2.48. The minimum Gasteiger partial charge on any atom is -0.494 e. The number of methoxy groups -OCH3 is 1. The maximum atomic E-state index is 14.6. The number of hydrogen-bond donors (Lipinski definition) is 6. The Bertz CT molecular complexity index is 1920. The third kappa shape index (κ3) is 13.5. The largest absolute Gasteiger partial charge is 0.494 e. The second-order valence-corrected chi connectivity index (χ2v) is 21.4. The first-order valence-electron chi connectivity index (χ1n) is 25.5. The zero-order valence-electron chi connectivity index (χ0n) is 44.1. The molecule has 2 aromatic rings. The number of carbonyl (C=O) groups excluding carboxylic acids is 1. The van der Waals surface area contributed by atoms with Crippen molar-refractivity contribution < 1.29 is 63.5 Å². The Morgan fingerprint density at radius 2 is 1.61 bits per heavy atom. The van der Waals surface area contributed by atoms with Crippen LogP contribution in [0, 0.1) is 17.8 Å². The normalized spacial score (nSPS) is 40.3. The number of carbonyl (C=O) groups is 1. The summed E-state index contributed by atoms with van der Waals surface area (Å²) in [6, 6.07) is 11.4. The molecule has 0 amide bonds. The molecule has 0 unspecified atom stereocenters. The number of rotatable bonds is 15. The molecule has 3 aliphatic heterocycles. The first-order valence-corrected chi connectivity index (χ1v) is 25.5. The van der Waals surface area contributed by atoms with E-state index in [-0.39, 0.29) is 37.3 Å². The summed E-state index contributed by atoms with van der Waals surface area (Å²) >= 11 is 0. The Morgan fingerprint density at radius 1 is 0.913 bits per heavy atom. The van der Waals surface area contributed by atoms with Crippen LogP contribution in [0.25, 0.3) is 10.8 Å². The molecule has 394 valence electrons. The van der Waals surface area contributed by atoms with E-state index < -0.39 is 96.0 Å². The highest BCUT2D eigenvalue weighted by molar-refractivity contribution is 5.87. The number of hydrogen-bond acceptors (Lipinski definition) is 16. The Balaban J connectivity index is 1.50. The van der Waals surface area contributed by atoms with Crippen LogP contribution in [0.3, 0.4) is 0 Å². The number of benzene rings is 2. The van der Waals surface area contributed by atoms with E-state index in [1.54, 1.807) is 34.6 Å². The van der Waals surface area contributed by atoms with Crippen LogP contribution >= 0.6 is 0 Å². The van der Waals surface area contributed by atoms with E-state index in [0.29, 0.717) is 45.6 Å². The summed E-state index contributed by atoms with van der Waals surface area (Å²) in [6.07, 6.45) is -7.99. The zero-order valence-corrected chi connectivity index (χ0v) is 44.1. The van der Waals surface area contributed by atoms with Crippen molar-refractivity contribution in [3.05, 3.63) is 42.0 Å². The van der Waals surface area contributed by atoms with E-state index in [1.807, 2.05) is 71.8 Å². The molecular weight excluding hydrogens is 887 g/mol. The molecule has 0 aliphatic carbocycles. The number of nitrogens with zero attached hydrogens (tertiary/aromatic N) is 2. The summed E-state index contributed by atoms with van der Waals surface area (Å²) in [7, 11) is 5.30. The average molecular weight is 976 g/mol. The summed E-state index contributed by atoms with van der Waals surface area (Å²) in [6.45, 7) is 22.5. The topological polar surface area (TPSA) is 201 Å². The lowest BCUT2D eigenvalue weighted by atomic mass is 9.77. The molecule has 3 heterocycles. The molecule has 3 fully saturated rings. The van der Waals surface area contributed by atoms with Gasteiger partial charge in [-0.25, -0.2) is 0 Å². The third-order valence-electron chi connectivity index (χ3n) is 15.4. The molecule has 3 saturated heterocycles. The van der Waals surface area contributed by atoms with Crippen molar-refractivity contribution in [3.8, 4) is 5.75 Å². The van der Waals surface area contributed by atoms with Gasteiger partial charge in [0.15, 0.2) is 12.6 Å². The smallest absolute Gasteiger partial charge is 0.311 e. The van der Waals surface area contributed by atoms with Gasteiger partial charge in [0.2, 0.25) is 0 Å². The molecule has 69 heavy (non-hydrogen) atoms. The maximum Gasteiger partial charge on any atom is 0.311 e. The van der Waals surface area contributed by atoms with Gasteiger partial charge in [-0.2, -0.15) is 0 Å². The molecule has 3 aliphatic rings. The van der Waals surface area contributed by atoms with Crippen LogP contribution in [0.5, 0.6) is 5.75 Å². The van der Waals surface area contributed by atoms with Gasteiger partial charge in [-0.05, 0) is 131 Å². The van der Waals surface area contributed by atoms with Crippen molar-refractivity contribution in [1.82, 2.24) is 15.1 Å². The zero-order chi connectivity index (χ0) is 51.2. The standard InChI is InChI=1S/C53H89N3O13/c1-15-42-53(11,62)46(58)35(7)56(25-19-24-54-29-39-38-21-18-17-20-37(38)22-23-41(39)64-16-2)30-31(3)27-51(9,61)48(69-50-44(57)40(55(12)13)26-32(4)65-50)33(5)45(34(6)49(60)67-42)68-43-28-52(10,63-14)47(59)36(8)66-43/h17-18,20-23,31-36,40,42-48,50,54,57-59,61-62H,15-16,19,24-30H2,1-14H3/t31-,32-,33+,34-,35-,36+,40+,42-,43+,44-,45+,46-,47+,48-,50+,51-,52-,53-/m1/s1. The van der Waals surface area contributed by atoms with Crippen LogP contribution in [-0.4, -0.2) is 179 Å². The molecule has 0 spiro atoms. The van der Waals surface area contributed by atoms with Gasteiger partial charge in [-0.1, -0.05) is 51.1 Å². The van der Waals surface area contributed by atoms with Crippen molar-refractivity contribution in [3.63, 3.8) is 0 Å². The van der Waals surface area contributed by atoms with Crippen molar-refractivity contribution in [2.45, 2.75) is 205 Å². The molecule has 0 saturated carbocycles. The molecule has 5 rings (SSSR count). The number of cyclic esters (lactones) is 1. The van der Waals surface area contributed by atoms with Gasteiger partial charge in [0, 0.05) is 50.2 Å². The fourth-order valence-corrected chi connectivity index (χ4v) is 11.3. The van der Waals surface area contributed by atoms with Crippen molar-refractivity contribution in [2.75, 3.05) is 47.4 Å². The molecule has 6 N–H and O–H groups in total. The van der Waals surface area contributed by atoms with E-state index in [4.69, 9.17) is 33.2 Å². The highest BCUT2D eigenvalue weighted by Crippen LogP contribution is 2.40. The molecule has 2 aromatic carbocycles. The third-order valence-corrected chi connectivity index (χ3v) is 15.4. The van der Waals surface area contributed by atoms with Crippen LogP contribution in [0.15, 0.2) is 36.4 Å². The van der Waals surface area contributed by atoms with Crippen LogP contribution in [0.2, 0.25) is 0 Å². The Hall–Kier alpha value is -2.55. The minimum absolute atomic E-state index is 0.116. The Morgan fingerprint density at radius 3 is 2.26 bits per heavy atom. The maximum absolute atomic E-state index is 14.6. The van der Waals surface area contributed by atoms with Crippen LogP contribution in [0.1, 0.15) is 114 Å². The van der Waals surface area contributed by atoms with Crippen molar-refractivity contribution in [1.29, 1.82) is 0 Å². The predicted octanol–water partition coefficient (Wildman–Crippen LogP) is 5.00. The summed E-state index contributed by atoms with van der Waals surface area (Å²) in [5.74, 6) is -1.91. The summed E-state index contributed by atoms with van der Waals surface area (Å²) < 4.78 is 44.3. The van der Waals surface area contributed by atoms with Gasteiger partial charge in [0.05, 0.1) is 48.1 Å². The molecule has 0 aromatic heterocycles. The molecule has 0 bridgehead atoms. The highest BCUT2D eigenvalue weighted by Gasteiger charge is 2.53. The van der Waals surface area contributed by atoms with Crippen LogP contribution in [0.4, 0.5) is 0 Å². The number of esters is 1. The van der Waals surface area contributed by atoms with Gasteiger partial charge < -0.3 is 68.9 Å². The number of aliphatic hydroxyl groups is 5. The first kappa shape index (κ1) is 57.4. The van der Waals surface area contributed by atoms with E-state index in [9.17, 15) is 30.3 Å². The summed E-state index contributed by atoms with van der Waals surface area (Å²) in [4.78, 5) is 18.7.